The number of carbonyl (C=O) groups excluding carboxylic acids is 2. The van der Waals surface area contributed by atoms with Crippen molar-refractivity contribution in [3.8, 4) is 17.2 Å². The molecule has 31 heavy (non-hydrogen) atoms. The van der Waals surface area contributed by atoms with Gasteiger partial charge in [0.15, 0.2) is 17.1 Å². The number of rotatable bonds is 8. The van der Waals surface area contributed by atoms with E-state index in [-0.39, 0.29) is 34.8 Å². The van der Waals surface area contributed by atoms with Crippen LogP contribution in [0.4, 0.5) is 0 Å². The van der Waals surface area contributed by atoms with Crippen LogP contribution >= 0.6 is 0 Å². The molecule has 3 rings (SSSR count). The summed E-state index contributed by atoms with van der Waals surface area (Å²) in [5.41, 5.74) is -0.559. The van der Waals surface area contributed by atoms with Crippen LogP contribution in [0.25, 0.3) is 11.0 Å². The molecule has 0 bridgehead atoms. The van der Waals surface area contributed by atoms with Crippen molar-refractivity contribution in [1.82, 2.24) is 0 Å². The van der Waals surface area contributed by atoms with E-state index in [0.717, 1.165) is 6.42 Å². The Labute approximate surface area is 178 Å². The quantitative estimate of drug-likeness (QED) is 0.171. The van der Waals surface area contributed by atoms with Gasteiger partial charge in [0, 0.05) is 6.92 Å². The van der Waals surface area contributed by atoms with E-state index in [2.05, 4.69) is 0 Å². The van der Waals surface area contributed by atoms with Crippen molar-refractivity contribution in [2.75, 3.05) is 6.61 Å². The van der Waals surface area contributed by atoms with Gasteiger partial charge < -0.3 is 18.6 Å². The van der Waals surface area contributed by atoms with E-state index in [1.165, 1.54) is 13.0 Å². The first kappa shape index (κ1) is 21.8. The summed E-state index contributed by atoms with van der Waals surface area (Å²) >= 11 is 0. The molecule has 0 saturated carbocycles. The first-order valence-corrected chi connectivity index (χ1v) is 9.84. The highest BCUT2D eigenvalue weighted by atomic mass is 16.6. The van der Waals surface area contributed by atoms with Crippen molar-refractivity contribution in [2.45, 2.75) is 26.7 Å². The number of ether oxygens (including phenoxy) is 3. The van der Waals surface area contributed by atoms with Gasteiger partial charge >= 0.3 is 17.6 Å². The molecule has 0 aliphatic heterocycles. The van der Waals surface area contributed by atoms with Gasteiger partial charge in [0.05, 0.1) is 17.6 Å². The molecular weight excluding hydrogens is 400 g/mol. The van der Waals surface area contributed by atoms with Crippen molar-refractivity contribution >= 4 is 22.9 Å². The summed E-state index contributed by atoms with van der Waals surface area (Å²) < 4.78 is 21.7. The minimum atomic E-state index is -0.845. The molecule has 1 heterocycles. The Hall–Kier alpha value is -3.87. The summed E-state index contributed by atoms with van der Waals surface area (Å²) in [5, 5.41) is 0.265. The first-order chi connectivity index (χ1) is 15.0. The van der Waals surface area contributed by atoms with E-state index in [1.54, 1.807) is 42.5 Å². The molecule has 7 heteroatoms. The number of para-hydroxylation sites is 1. The maximum Gasteiger partial charge on any atom is 0.383 e. The van der Waals surface area contributed by atoms with Crippen LogP contribution in [0.3, 0.4) is 0 Å². The molecule has 0 fully saturated rings. The minimum absolute atomic E-state index is 0.0169. The maximum atomic E-state index is 12.7. The molecule has 3 aromatic rings. The molecular formula is C24H22O7. The average molecular weight is 422 g/mol. The van der Waals surface area contributed by atoms with Crippen molar-refractivity contribution in [3.05, 3.63) is 76.7 Å². The molecule has 0 aliphatic carbocycles. The summed E-state index contributed by atoms with van der Waals surface area (Å²) in [4.78, 5) is 36.8. The lowest BCUT2D eigenvalue weighted by Gasteiger charge is -2.13. The SMILES string of the molecule is CC/C=C/CCOc1c(OC(=O)c2ccccc2)c2cccc(OC(C)=O)c2oc1=O. The van der Waals surface area contributed by atoms with Gasteiger partial charge in [-0.25, -0.2) is 9.59 Å². The van der Waals surface area contributed by atoms with Crippen LogP contribution in [0.5, 0.6) is 17.2 Å². The highest BCUT2D eigenvalue weighted by Gasteiger charge is 2.23. The van der Waals surface area contributed by atoms with Gasteiger partial charge in [-0.05, 0) is 37.1 Å². The summed E-state index contributed by atoms with van der Waals surface area (Å²) in [6.45, 7) is 3.43. The van der Waals surface area contributed by atoms with Gasteiger partial charge in [-0.2, -0.15) is 0 Å². The Morgan fingerprint density at radius 2 is 1.74 bits per heavy atom. The fourth-order valence-corrected chi connectivity index (χ4v) is 2.85. The van der Waals surface area contributed by atoms with Crippen LogP contribution in [0, 0.1) is 0 Å². The number of carbonyl (C=O) groups is 2. The Bertz CT molecular complexity index is 1160. The molecule has 0 spiro atoms. The van der Waals surface area contributed by atoms with Crippen LogP contribution in [0.15, 0.2) is 69.9 Å². The van der Waals surface area contributed by atoms with E-state index in [9.17, 15) is 14.4 Å². The smallest absolute Gasteiger partial charge is 0.383 e. The molecule has 0 unspecified atom stereocenters. The van der Waals surface area contributed by atoms with Crippen molar-refractivity contribution < 1.29 is 28.2 Å². The zero-order chi connectivity index (χ0) is 22.2. The van der Waals surface area contributed by atoms with Crippen LogP contribution < -0.4 is 19.8 Å². The molecule has 0 aliphatic rings. The highest BCUT2D eigenvalue weighted by Crippen LogP contribution is 2.37. The summed E-state index contributed by atoms with van der Waals surface area (Å²) in [5.74, 6) is -1.52. The second-order valence-electron chi connectivity index (χ2n) is 6.55. The van der Waals surface area contributed by atoms with Crippen LogP contribution in [0.2, 0.25) is 0 Å². The minimum Gasteiger partial charge on any atom is -0.484 e. The number of allylic oxidation sites excluding steroid dienone is 1. The summed E-state index contributed by atoms with van der Waals surface area (Å²) in [6.07, 6.45) is 5.35. The maximum absolute atomic E-state index is 12.7. The second kappa shape index (κ2) is 10.2. The van der Waals surface area contributed by atoms with Crippen LogP contribution in [-0.4, -0.2) is 18.5 Å². The standard InChI is InChI=1S/C24H22O7/c1-3-4-5-9-15-28-22-21(31-23(26)17-11-7-6-8-12-17)18-13-10-14-19(29-16(2)25)20(18)30-24(22)27/h4-8,10-14H,3,9,15H2,1-2H3/b5-4+. The van der Waals surface area contributed by atoms with Gasteiger partial charge in [-0.15, -0.1) is 0 Å². The van der Waals surface area contributed by atoms with Crippen molar-refractivity contribution in [3.63, 3.8) is 0 Å². The van der Waals surface area contributed by atoms with Gasteiger partial charge in [0.25, 0.3) is 0 Å². The number of hydrogen-bond donors (Lipinski definition) is 0. The lowest BCUT2D eigenvalue weighted by molar-refractivity contribution is -0.131. The number of fused-ring (bicyclic) bond motifs is 1. The van der Waals surface area contributed by atoms with Crippen LogP contribution in [0.1, 0.15) is 37.0 Å². The van der Waals surface area contributed by atoms with Gasteiger partial charge in [-0.3, -0.25) is 4.79 Å². The second-order valence-corrected chi connectivity index (χ2v) is 6.55. The van der Waals surface area contributed by atoms with E-state index >= 15 is 0 Å². The number of hydrogen-bond acceptors (Lipinski definition) is 7. The molecule has 0 amide bonds. The Balaban J connectivity index is 2.07. The van der Waals surface area contributed by atoms with E-state index in [4.69, 9.17) is 18.6 Å². The van der Waals surface area contributed by atoms with Crippen molar-refractivity contribution in [1.29, 1.82) is 0 Å². The average Bonchev–Trinajstić information content (AvgIpc) is 2.76. The monoisotopic (exact) mass is 422 g/mol. The highest BCUT2D eigenvalue weighted by molar-refractivity contribution is 5.97. The largest absolute Gasteiger partial charge is 0.484 e. The normalized spacial score (nSPS) is 10.9. The zero-order valence-corrected chi connectivity index (χ0v) is 17.3. The predicted molar refractivity (Wildman–Crippen MR) is 115 cm³/mol. The molecule has 0 saturated heterocycles. The predicted octanol–water partition coefficient (Wildman–Crippen LogP) is 4.67. The zero-order valence-electron chi connectivity index (χ0n) is 17.3. The number of esters is 2. The third-order valence-corrected chi connectivity index (χ3v) is 4.20. The van der Waals surface area contributed by atoms with Crippen LogP contribution in [-0.2, 0) is 4.79 Å². The first-order valence-electron chi connectivity index (χ1n) is 9.84. The summed E-state index contributed by atoms with van der Waals surface area (Å²) in [6, 6.07) is 13.0. The lowest BCUT2D eigenvalue weighted by Crippen LogP contribution is -2.15. The third kappa shape index (κ3) is 5.39. The lowest BCUT2D eigenvalue weighted by atomic mass is 10.2. The molecule has 2 aromatic carbocycles. The molecule has 1 aromatic heterocycles. The Morgan fingerprint density at radius 1 is 0.968 bits per heavy atom. The van der Waals surface area contributed by atoms with E-state index < -0.39 is 17.6 Å². The van der Waals surface area contributed by atoms with Crippen molar-refractivity contribution in [2.24, 2.45) is 0 Å². The topological polar surface area (TPSA) is 92.0 Å². The number of benzene rings is 2. The van der Waals surface area contributed by atoms with Gasteiger partial charge in [0.2, 0.25) is 5.75 Å². The Morgan fingerprint density at radius 3 is 2.45 bits per heavy atom. The molecule has 0 N–H and O–H groups in total. The van der Waals surface area contributed by atoms with Gasteiger partial charge in [-0.1, -0.05) is 43.3 Å². The van der Waals surface area contributed by atoms with E-state index in [0.29, 0.717) is 12.0 Å². The van der Waals surface area contributed by atoms with Gasteiger partial charge in [0.1, 0.15) is 0 Å². The summed E-state index contributed by atoms with van der Waals surface area (Å²) in [7, 11) is 0. The Kier molecular flexibility index (Phi) is 7.22. The molecule has 0 atom stereocenters. The van der Waals surface area contributed by atoms with E-state index in [1.807, 2.05) is 19.1 Å². The fourth-order valence-electron chi connectivity index (χ4n) is 2.85. The fraction of sp³-hybridized carbons (Fsp3) is 0.208. The molecule has 7 nitrogen and oxygen atoms in total. The molecule has 160 valence electrons. The third-order valence-electron chi connectivity index (χ3n) is 4.20. The molecule has 0 radical (unpaired) electrons.